The molecule has 2 heterocycles. The fraction of sp³-hybridized carbons (Fsp3) is 0.857. The Kier molecular flexibility index (Phi) is 10.8. The molecule has 1 atom stereocenters. The molecule has 130 valence electrons. The Labute approximate surface area is 145 Å². The van der Waals surface area contributed by atoms with Crippen molar-refractivity contribution in [3.63, 3.8) is 0 Å². The topological polar surface area (TPSA) is 64.7 Å². The minimum atomic E-state index is 0. The number of carbonyl (C=O) groups is 2. The van der Waals surface area contributed by atoms with E-state index in [0.29, 0.717) is 13.1 Å². The van der Waals surface area contributed by atoms with E-state index in [0.717, 1.165) is 52.1 Å². The minimum absolute atomic E-state index is 0. The SMILES string of the molecule is CCNC(=O)CN1CCN(C(=O)C2CCCNC2)CC1.Cl.Cl. The minimum Gasteiger partial charge on any atom is -0.355 e. The Morgan fingerprint density at radius 2 is 1.86 bits per heavy atom. The van der Waals surface area contributed by atoms with Crippen LogP contribution in [0.1, 0.15) is 19.8 Å². The Bertz CT molecular complexity index is 344. The van der Waals surface area contributed by atoms with Crippen molar-refractivity contribution in [2.45, 2.75) is 19.8 Å². The molecule has 2 amide bonds. The summed E-state index contributed by atoms with van der Waals surface area (Å²) in [6.45, 7) is 7.97. The number of hydrogen-bond acceptors (Lipinski definition) is 4. The highest BCUT2D eigenvalue weighted by Gasteiger charge is 2.28. The van der Waals surface area contributed by atoms with Crippen LogP contribution in [0.2, 0.25) is 0 Å². The Morgan fingerprint density at radius 1 is 1.18 bits per heavy atom. The van der Waals surface area contributed by atoms with Gasteiger partial charge in [-0.05, 0) is 26.3 Å². The van der Waals surface area contributed by atoms with Gasteiger partial charge < -0.3 is 15.5 Å². The van der Waals surface area contributed by atoms with Crippen LogP contribution in [0.25, 0.3) is 0 Å². The number of amides is 2. The maximum atomic E-state index is 12.4. The number of halogens is 2. The van der Waals surface area contributed by atoms with E-state index < -0.39 is 0 Å². The van der Waals surface area contributed by atoms with Crippen LogP contribution >= 0.6 is 24.8 Å². The molecule has 0 saturated carbocycles. The zero-order valence-corrected chi connectivity index (χ0v) is 14.8. The average Bonchev–Trinajstić information content (AvgIpc) is 2.48. The Morgan fingerprint density at radius 3 is 2.41 bits per heavy atom. The van der Waals surface area contributed by atoms with Crippen LogP contribution in [0, 0.1) is 5.92 Å². The maximum absolute atomic E-state index is 12.4. The molecule has 2 fully saturated rings. The summed E-state index contributed by atoms with van der Waals surface area (Å²) in [4.78, 5) is 28.0. The van der Waals surface area contributed by atoms with E-state index in [1.54, 1.807) is 0 Å². The molecule has 0 spiro atoms. The second-order valence-electron chi connectivity index (χ2n) is 5.60. The van der Waals surface area contributed by atoms with E-state index in [1.807, 2.05) is 11.8 Å². The summed E-state index contributed by atoms with van der Waals surface area (Å²) in [5, 5.41) is 6.10. The van der Waals surface area contributed by atoms with Gasteiger partial charge in [0, 0.05) is 39.3 Å². The summed E-state index contributed by atoms with van der Waals surface area (Å²) in [6.07, 6.45) is 2.10. The molecule has 8 heteroatoms. The molecular weight excluding hydrogens is 327 g/mol. The summed E-state index contributed by atoms with van der Waals surface area (Å²) >= 11 is 0. The summed E-state index contributed by atoms with van der Waals surface area (Å²) in [7, 11) is 0. The van der Waals surface area contributed by atoms with Gasteiger partial charge >= 0.3 is 0 Å². The fourth-order valence-electron chi connectivity index (χ4n) is 2.90. The van der Waals surface area contributed by atoms with Crippen LogP contribution in [-0.4, -0.2) is 74.0 Å². The van der Waals surface area contributed by atoms with Gasteiger partial charge in [0.1, 0.15) is 0 Å². The standard InChI is InChI=1S/C14H26N4O2.2ClH/c1-2-16-13(19)11-17-6-8-18(9-7-17)14(20)12-4-3-5-15-10-12;;/h12,15H,2-11H2,1H3,(H,16,19);2*1H. The van der Waals surface area contributed by atoms with Crippen LogP contribution in [0.3, 0.4) is 0 Å². The quantitative estimate of drug-likeness (QED) is 0.752. The molecule has 1 unspecified atom stereocenters. The summed E-state index contributed by atoms with van der Waals surface area (Å²) in [5.74, 6) is 0.511. The van der Waals surface area contributed by atoms with Crippen LogP contribution < -0.4 is 10.6 Å². The van der Waals surface area contributed by atoms with Gasteiger partial charge in [0.2, 0.25) is 11.8 Å². The summed E-state index contributed by atoms with van der Waals surface area (Å²) < 4.78 is 0. The molecule has 2 rings (SSSR count). The van der Waals surface area contributed by atoms with Crippen LogP contribution in [0.15, 0.2) is 0 Å². The second kappa shape index (κ2) is 11.0. The molecule has 6 nitrogen and oxygen atoms in total. The molecule has 22 heavy (non-hydrogen) atoms. The number of nitrogens with zero attached hydrogens (tertiary/aromatic N) is 2. The van der Waals surface area contributed by atoms with Gasteiger partial charge in [0.05, 0.1) is 12.5 Å². The predicted molar refractivity (Wildman–Crippen MR) is 91.8 cm³/mol. The summed E-state index contributed by atoms with van der Waals surface area (Å²) in [5.41, 5.74) is 0. The molecule has 2 aliphatic heterocycles. The van der Waals surface area contributed by atoms with Gasteiger partial charge in [0.15, 0.2) is 0 Å². The molecular formula is C14H28Cl2N4O2. The van der Waals surface area contributed by atoms with Crippen LogP contribution in [0.5, 0.6) is 0 Å². The van der Waals surface area contributed by atoms with E-state index in [4.69, 9.17) is 0 Å². The lowest BCUT2D eigenvalue weighted by Crippen LogP contribution is -2.53. The van der Waals surface area contributed by atoms with Gasteiger partial charge in [-0.25, -0.2) is 0 Å². The van der Waals surface area contributed by atoms with Crippen molar-refractivity contribution in [3.8, 4) is 0 Å². The molecule has 0 aromatic heterocycles. The first-order valence-electron chi connectivity index (χ1n) is 7.69. The molecule has 0 aromatic rings. The van der Waals surface area contributed by atoms with E-state index in [2.05, 4.69) is 15.5 Å². The monoisotopic (exact) mass is 354 g/mol. The van der Waals surface area contributed by atoms with E-state index in [-0.39, 0.29) is 42.5 Å². The van der Waals surface area contributed by atoms with Crippen molar-refractivity contribution in [1.29, 1.82) is 0 Å². The third kappa shape index (κ3) is 6.28. The van der Waals surface area contributed by atoms with Gasteiger partial charge in [0.25, 0.3) is 0 Å². The number of piperazine rings is 1. The number of carbonyl (C=O) groups excluding carboxylic acids is 2. The normalized spacial score (nSPS) is 22.2. The Balaban J connectivity index is 0.00000220. The highest BCUT2D eigenvalue weighted by atomic mass is 35.5. The van der Waals surface area contributed by atoms with Gasteiger partial charge in [-0.15, -0.1) is 24.8 Å². The summed E-state index contributed by atoms with van der Waals surface area (Å²) in [6, 6.07) is 0. The van der Waals surface area contributed by atoms with Crippen molar-refractivity contribution in [3.05, 3.63) is 0 Å². The van der Waals surface area contributed by atoms with E-state index >= 15 is 0 Å². The maximum Gasteiger partial charge on any atom is 0.234 e. The van der Waals surface area contributed by atoms with Crippen molar-refractivity contribution in [2.75, 3.05) is 52.4 Å². The first-order valence-corrected chi connectivity index (χ1v) is 7.69. The second-order valence-corrected chi connectivity index (χ2v) is 5.60. The highest BCUT2D eigenvalue weighted by molar-refractivity contribution is 5.85. The third-order valence-electron chi connectivity index (χ3n) is 4.07. The third-order valence-corrected chi connectivity index (χ3v) is 4.07. The zero-order valence-electron chi connectivity index (χ0n) is 13.2. The number of likely N-dealkylation sites (N-methyl/N-ethyl adjacent to an activating group) is 1. The predicted octanol–water partition coefficient (Wildman–Crippen LogP) is 0.110. The first-order chi connectivity index (χ1) is 9.70. The molecule has 0 aromatic carbocycles. The van der Waals surface area contributed by atoms with Crippen LogP contribution in [-0.2, 0) is 9.59 Å². The first kappa shape index (κ1) is 21.4. The average molecular weight is 355 g/mol. The van der Waals surface area contributed by atoms with Crippen molar-refractivity contribution in [1.82, 2.24) is 20.4 Å². The van der Waals surface area contributed by atoms with Crippen molar-refractivity contribution < 1.29 is 9.59 Å². The van der Waals surface area contributed by atoms with Gasteiger partial charge in [-0.2, -0.15) is 0 Å². The van der Waals surface area contributed by atoms with Gasteiger partial charge in [-0.3, -0.25) is 14.5 Å². The lowest BCUT2D eigenvalue weighted by molar-refractivity contribution is -0.138. The Hall–Kier alpha value is -0.560. The van der Waals surface area contributed by atoms with Crippen molar-refractivity contribution in [2.24, 2.45) is 5.92 Å². The van der Waals surface area contributed by atoms with Gasteiger partial charge in [-0.1, -0.05) is 0 Å². The highest BCUT2D eigenvalue weighted by Crippen LogP contribution is 2.14. The number of nitrogens with one attached hydrogen (secondary N) is 2. The molecule has 0 radical (unpaired) electrons. The van der Waals surface area contributed by atoms with Crippen LogP contribution in [0.4, 0.5) is 0 Å². The largest absolute Gasteiger partial charge is 0.355 e. The fourth-order valence-corrected chi connectivity index (χ4v) is 2.90. The molecule has 2 aliphatic rings. The number of rotatable bonds is 4. The smallest absolute Gasteiger partial charge is 0.234 e. The zero-order chi connectivity index (χ0) is 14.4. The lowest BCUT2D eigenvalue weighted by atomic mass is 9.98. The van der Waals surface area contributed by atoms with E-state index in [9.17, 15) is 9.59 Å². The number of piperidine rings is 1. The molecule has 2 N–H and O–H groups in total. The van der Waals surface area contributed by atoms with E-state index in [1.165, 1.54) is 0 Å². The number of hydrogen-bond donors (Lipinski definition) is 2. The molecule has 2 saturated heterocycles. The molecule has 0 aliphatic carbocycles. The van der Waals surface area contributed by atoms with Crippen molar-refractivity contribution >= 4 is 36.6 Å². The lowest BCUT2D eigenvalue weighted by Gasteiger charge is -2.36. The molecule has 0 bridgehead atoms.